The van der Waals surface area contributed by atoms with E-state index >= 15 is 0 Å². The third-order valence-electron chi connectivity index (χ3n) is 5.16. The van der Waals surface area contributed by atoms with E-state index in [4.69, 9.17) is 0 Å². The summed E-state index contributed by atoms with van der Waals surface area (Å²) in [5.74, 6) is -0.829. The van der Waals surface area contributed by atoms with E-state index in [1.165, 1.54) is 18.2 Å². The maximum absolute atomic E-state index is 12.9. The number of carbonyl (C=O) groups excluding carboxylic acids is 1. The first-order valence-corrected chi connectivity index (χ1v) is 12.3. The summed E-state index contributed by atoms with van der Waals surface area (Å²) in [7, 11) is -6.90. The van der Waals surface area contributed by atoms with Crippen LogP contribution in [-0.4, -0.2) is 41.1 Å². The molecule has 10 heteroatoms. The van der Waals surface area contributed by atoms with Gasteiger partial charge in [-0.3, -0.25) is 4.79 Å². The Morgan fingerprint density at radius 1 is 1.11 bits per heavy atom. The summed E-state index contributed by atoms with van der Waals surface area (Å²) < 4.78 is 62.8. The predicted molar refractivity (Wildman–Crippen MR) is 102 cm³/mol. The highest BCUT2D eigenvalue weighted by molar-refractivity contribution is 7.94. The van der Waals surface area contributed by atoms with Crippen LogP contribution in [0.15, 0.2) is 40.6 Å². The van der Waals surface area contributed by atoms with Gasteiger partial charge in [0.15, 0.2) is 9.84 Å². The van der Waals surface area contributed by atoms with Crippen LogP contribution in [0.1, 0.15) is 25.7 Å². The number of benzene rings is 1. The molecule has 2 N–H and O–H groups in total. The van der Waals surface area contributed by atoms with Gasteiger partial charge in [0.05, 0.1) is 16.7 Å². The minimum absolute atomic E-state index is 0.0153. The Morgan fingerprint density at radius 2 is 1.75 bits per heavy atom. The van der Waals surface area contributed by atoms with E-state index < -0.39 is 31.7 Å². The molecule has 1 unspecified atom stereocenters. The maximum atomic E-state index is 12.9. The molecule has 1 aromatic rings. The number of halogens is 1. The van der Waals surface area contributed by atoms with Crippen LogP contribution >= 0.6 is 0 Å². The van der Waals surface area contributed by atoms with Gasteiger partial charge in [0.25, 0.3) is 0 Å². The van der Waals surface area contributed by atoms with Crippen molar-refractivity contribution >= 4 is 25.8 Å². The number of hydrogen-bond donors (Lipinski definition) is 2. The van der Waals surface area contributed by atoms with Crippen LogP contribution in [0.4, 0.5) is 4.39 Å². The Balaban J connectivity index is 1.44. The molecule has 0 aromatic heterocycles. The van der Waals surface area contributed by atoms with E-state index in [1.807, 2.05) is 0 Å². The number of nitrogens with one attached hydrogen (secondary N) is 2. The van der Waals surface area contributed by atoms with E-state index in [2.05, 4.69) is 10.0 Å². The summed E-state index contributed by atoms with van der Waals surface area (Å²) in [6, 6.07) is 4.16. The van der Waals surface area contributed by atoms with Crippen LogP contribution in [-0.2, 0) is 24.7 Å². The largest absolute Gasteiger partial charge is 0.349 e. The van der Waals surface area contributed by atoms with Gasteiger partial charge in [0.2, 0.25) is 15.9 Å². The smallest absolute Gasteiger partial charge is 0.240 e. The number of sulfone groups is 1. The molecule has 0 bridgehead atoms. The summed E-state index contributed by atoms with van der Waals surface area (Å²) in [6.07, 6.45) is 4.13. The van der Waals surface area contributed by atoms with Gasteiger partial charge in [-0.25, -0.2) is 25.9 Å². The molecular weight excluding hydrogens is 407 g/mol. The second kappa shape index (κ2) is 8.30. The van der Waals surface area contributed by atoms with Crippen LogP contribution < -0.4 is 10.0 Å². The lowest BCUT2D eigenvalue weighted by Crippen LogP contribution is -2.41. The molecule has 0 saturated heterocycles. The summed E-state index contributed by atoms with van der Waals surface area (Å²) in [5, 5.41) is 3.88. The van der Waals surface area contributed by atoms with Crippen molar-refractivity contribution in [2.75, 3.05) is 12.3 Å². The lowest BCUT2D eigenvalue weighted by atomic mass is 9.81. The zero-order chi connectivity index (χ0) is 20.4. The molecule has 3 rings (SSSR count). The number of carbonyl (C=O) groups is 1. The quantitative estimate of drug-likeness (QED) is 0.708. The van der Waals surface area contributed by atoms with Crippen molar-refractivity contribution in [3.8, 4) is 0 Å². The Hall–Kier alpha value is -1.78. The van der Waals surface area contributed by atoms with E-state index in [0.717, 1.165) is 17.5 Å². The minimum Gasteiger partial charge on any atom is -0.349 e. The summed E-state index contributed by atoms with van der Waals surface area (Å²) in [4.78, 5) is 12.3. The van der Waals surface area contributed by atoms with Crippen molar-refractivity contribution in [3.63, 3.8) is 0 Å². The first-order valence-electron chi connectivity index (χ1n) is 9.11. The van der Waals surface area contributed by atoms with E-state index in [1.54, 1.807) is 0 Å². The fraction of sp³-hybridized carbons (Fsp3) is 0.500. The lowest BCUT2D eigenvalue weighted by Gasteiger charge is -2.28. The summed E-state index contributed by atoms with van der Waals surface area (Å²) >= 11 is 0. The first kappa shape index (κ1) is 20.9. The highest BCUT2D eigenvalue weighted by atomic mass is 32.2. The second-order valence-electron chi connectivity index (χ2n) is 7.30. The number of hydrogen-bond acceptors (Lipinski definition) is 5. The molecule has 28 heavy (non-hydrogen) atoms. The van der Waals surface area contributed by atoms with Gasteiger partial charge in [-0.15, -0.1) is 0 Å². The average molecular weight is 431 g/mol. The molecular formula is C18H23FN2O5S2. The van der Waals surface area contributed by atoms with Gasteiger partial charge in [0, 0.05) is 17.9 Å². The molecule has 0 spiro atoms. The third kappa shape index (κ3) is 5.39. The van der Waals surface area contributed by atoms with Crippen LogP contribution in [0.5, 0.6) is 0 Å². The molecule has 1 aromatic carbocycles. The Bertz CT molecular complexity index is 950. The van der Waals surface area contributed by atoms with Crippen molar-refractivity contribution in [2.45, 2.75) is 36.6 Å². The molecule has 1 saturated carbocycles. The molecule has 154 valence electrons. The molecule has 7 nitrogen and oxygen atoms in total. The van der Waals surface area contributed by atoms with Crippen LogP contribution in [0.25, 0.3) is 0 Å². The third-order valence-corrected chi connectivity index (χ3v) is 8.00. The van der Waals surface area contributed by atoms with E-state index in [0.29, 0.717) is 25.7 Å². The van der Waals surface area contributed by atoms with Crippen molar-refractivity contribution in [1.82, 2.24) is 10.0 Å². The van der Waals surface area contributed by atoms with Crippen molar-refractivity contribution in [3.05, 3.63) is 41.6 Å². The summed E-state index contributed by atoms with van der Waals surface area (Å²) in [5.41, 5.74) is 0. The van der Waals surface area contributed by atoms with E-state index in [9.17, 15) is 26.0 Å². The SMILES string of the molecule is O=C(NC1C=CS(=O)(=O)C1)C1CCC(CNS(=O)(=O)c2ccc(F)cc2)CC1. The van der Waals surface area contributed by atoms with Gasteiger partial charge in [0.1, 0.15) is 5.82 Å². The maximum Gasteiger partial charge on any atom is 0.240 e. The van der Waals surface area contributed by atoms with Gasteiger partial charge < -0.3 is 5.32 Å². The standard InChI is InChI=1S/C18H23FN2O5S2/c19-15-5-7-17(8-6-15)28(25,26)20-11-13-1-3-14(4-2-13)18(22)21-16-9-10-27(23,24)12-16/h5-10,13-14,16,20H,1-4,11-12H2,(H,21,22). The molecule has 2 aliphatic rings. The van der Waals surface area contributed by atoms with Gasteiger partial charge >= 0.3 is 0 Å². The molecule has 1 heterocycles. The predicted octanol–water partition coefficient (Wildman–Crippen LogP) is 1.34. The zero-order valence-electron chi connectivity index (χ0n) is 15.2. The van der Waals surface area contributed by atoms with Crippen LogP contribution in [0.3, 0.4) is 0 Å². The van der Waals surface area contributed by atoms with Crippen molar-refractivity contribution in [2.24, 2.45) is 11.8 Å². The topological polar surface area (TPSA) is 109 Å². The molecule has 1 aliphatic heterocycles. The Morgan fingerprint density at radius 3 is 2.32 bits per heavy atom. The van der Waals surface area contributed by atoms with E-state index in [-0.39, 0.29) is 34.9 Å². The van der Waals surface area contributed by atoms with Gasteiger partial charge in [-0.05, 0) is 61.9 Å². The Labute approximate surface area is 164 Å². The van der Waals surface area contributed by atoms with Crippen LogP contribution in [0.2, 0.25) is 0 Å². The number of sulfonamides is 1. The molecule has 1 atom stereocenters. The summed E-state index contributed by atoms with van der Waals surface area (Å²) in [6.45, 7) is 0.262. The van der Waals surface area contributed by atoms with Crippen molar-refractivity contribution < 1.29 is 26.0 Å². The lowest BCUT2D eigenvalue weighted by molar-refractivity contribution is -0.126. The normalized spacial score (nSPS) is 26.8. The molecule has 1 aliphatic carbocycles. The fourth-order valence-corrected chi connectivity index (χ4v) is 5.87. The molecule has 1 fully saturated rings. The monoisotopic (exact) mass is 430 g/mol. The van der Waals surface area contributed by atoms with Crippen LogP contribution in [0, 0.1) is 17.7 Å². The first-order chi connectivity index (χ1) is 13.1. The van der Waals surface area contributed by atoms with Crippen molar-refractivity contribution in [1.29, 1.82) is 0 Å². The second-order valence-corrected chi connectivity index (χ2v) is 11.0. The Kier molecular flexibility index (Phi) is 6.21. The highest BCUT2D eigenvalue weighted by Crippen LogP contribution is 2.29. The number of rotatable bonds is 6. The van der Waals surface area contributed by atoms with Gasteiger partial charge in [-0.1, -0.05) is 0 Å². The molecule has 1 amide bonds. The van der Waals surface area contributed by atoms with Gasteiger partial charge in [-0.2, -0.15) is 0 Å². The fourth-order valence-electron chi connectivity index (χ4n) is 3.52. The minimum atomic E-state index is -3.69. The number of amides is 1. The zero-order valence-corrected chi connectivity index (χ0v) is 16.8. The molecule has 0 radical (unpaired) electrons. The highest BCUT2D eigenvalue weighted by Gasteiger charge is 2.30. The average Bonchev–Trinajstić information content (AvgIpc) is 2.99.